The second-order valence-electron chi connectivity index (χ2n) is 3.86. The Morgan fingerprint density at radius 3 is 2.57 bits per heavy atom. The summed E-state index contributed by atoms with van der Waals surface area (Å²) in [6.45, 7) is 1.98. The zero-order chi connectivity index (χ0) is 10.3. The first-order valence-electron chi connectivity index (χ1n) is 4.57. The van der Waals surface area contributed by atoms with Gasteiger partial charge < -0.3 is 5.11 Å². The first-order chi connectivity index (χ1) is 6.59. The van der Waals surface area contributed by atoms with Crippen LogP contribution in [-0.2, 0) is 10.2 Å². The van der Waals surface area contributed by atoms with E-state index in [0.29, 0.717) is 0 Å². The van der Waals surface area contributed by atoms with E-state index in [1.54, 1.807) is 0 Å². The van der Waals surface area contributed by atoms with Crippen molar-refractivity contribution in [3.63, 3.8) is 0 Å². The number of carboxylic acid groups (broad SMARTS) is 1. The number of benzene rings is 1. The Labute approximate surface area is 91.1 Å². The number of rotatable bonds is 2. The zero-order valence-electron chi connectivity index (χ0n) is 7.83. The molecule has 2 rings (SSSR count). The Morgan fingerprint density at radius 1 is 1.57 bits per heavy atom. The fourth-order valence-corrected chi connectivity index (χ4v) is 2.67. The van der Waals surface area contributed by atoms with Crippen LogP contribution in [0.2, 0.25) is 0 Å². The average molecular weight is 255 g/mol. The van der Waals surface area contributed by atoms with Gasteiger partial charge >= 0.3 is 5.97 Å². The molecular formula is C11H11BrO2. The second-order valence-corrected chi connectivity index (χ2v) is 4.72. The summed E-state index contributed by atoms with van der Waals surface area (Å²) < 4.78 is 0.895. The van der Waals surface area contributed by atoms with Crippen molar-refractivity contribution in [3.8, 4) is 0 Å². The van der Waals surface area contributed by atoms with Crippen molar-refractivity contribution < 1.29 is 9.90 Å². The van der Waals surface area contributed by atoms with Gasteiger partial charge in [-0.05, 0) is 24.0 Å². The molecule has 0 amide bonds. The van der Waals surface area contributed by atoms with E-state index in [4.69, 9.17) is 0 Å². The topological polar surface area (TPSA) is 37.3 Å². The SMILES string of the molecule is CC1CC1(C(=O)O)c1ccccc1Br. The van der Waals surface area contributed by atoms with Gasteiger partial charge in [-0.15, -0.1) is 0 Å². The van der Waals surface area contributed by atoms with Crippen molar-refractivity contribution in [2.24, 2.45) is 5.92 Å². The van der Waals surface area contributed by atoms with Crippen LogP contribution in [0.5, 0.6) is 0 Å². The van der Waals surface area contributed by atoms with Gasteiger partial charge in [-0.25, -0.2) is 0 Å². The van der Waals surface area contributed by atoms with E-state index < -0.39 is 11.4 Å². The lowest BCUT2D eigenvalue weighted by Gasteiger charge is -2.13. The molecule has 2 nitrogen and oxygen atoms in total. The van der Waals surface area contributed by atoms with Gasteiger partial charge in [-0.3, -0.25) is 4.79 Å². The van der Waals surface area contributed by atoms with Crippen LogP contribution >= 0.6 is 15.9 Å². The van der Waals surface area contributed by atoms with Crippen LogP contribution in [0.4, 0.5) is 0 Å². The molecule has 0 saturated heterocycles. The van der Waals surface area contributed by atoms with Gasteiger partial charge in [-0.1, -0.05) is 41.1 Å². The Kier molecular flexibility index (Phi) is 2.14. The maximum atomic E-state index is 11.2. The highest BCUT2D eigenvalue weighted by molar-refractivity contribution is 9.10. The maximum Gasteiger partial charge on any atom is 0.314 e. The van der Waals surface area contributed by atoms with Crippen LogP contribution in [0, 0.1) is 5.92 Å². The Morgan fingerprint density at radius 2 is 2.14 bits per heavy atom. The molecule has 2 unspecified atom stereocenters. The molecule has 1 saturated carbocycles. The number of halogens is 1. The molecule has 74 valence electrons. The largest absolute Gasteiger partial charge is 0.481 e. The molecule has 1 aromatic carbocycles. The first kappa shape index (κ1) is 9.71. The molecule has 0 heterocycles. The van der Waals surface area contributed by atoms with E-state index in [-0.39, 0.29) is 5.92 Å². The minimum Gasteiger partial charge on any atom is -0.481 e. The summed E-state index contributed by atoms with van der Waals surface area (Å²) in [4.78, 5) is 11.2. The van der Waals surface area contributed by atoms with Crippen LogP contribution < -0.4 is 0 Å². The van der Waals surface area contributed by atoms with Gasteiger partial charge in [0, 0.05) is 4.47 Å². The Hall–Kier alpha value is -0.830. The summed E-state index contributed by atoms with van der Waals surface area (Å²) in [6, 6.07) is 7.57. The number of carboxylic acids is 1. The standard InChI is InChI=1S/C11H11BrO2/c1-7-6-11(7,10(13)14)8-4-2-3-5-9(8)12/h2-5,7H,6H2,1H3,(H,13,14). The van der Waals surface area contributed by atoms with E-state index in [2.05, 4.69) is 15.9 Å². The Bertz CT molecular complexity index is 389. The van der Waals surface area contributed by atoms with Crippen molar-refractivity contribution in [3.05, 3.63) is 34.3 Å². The summed E-state index contributed by atoms with van der Waals surface area (Å²) in [6.07, 6.45) is 0.741. The molecular weight excluding hydrogens is 244 g/mol. The molecule has 0 radical (unpaired) electrons. The highest BCUT2D eigenvalue weighted by atomic mass is 79.9. The molecule has 2 atom stereocenters. The predicted octanol–water partition coefficient (Wildman–Crippen LogP) is 2.81. The molecule has 1 fully saturated rings. The van der Waals surface area contributed by atoms with E-state index in [0.717, 1.165) is 16.5 Å². The summed E-state index contributed by atoms with van der Waals surface area (Å²) in [5.74, 6) is -0.476. The van der Waals surface area contributed by atoms with Gasteiger partial charge in [0.15, 0.2) is 0 Å². The molecule has 0 spiro atoms. The van der Waals surface area contributed by atoms with Crippen LogP contribution in [0.3, 0.4) is 0 Å². The third kappa shape index (κ3) is 1.19. The Balaban J connectivity index is 2.49. The molecule has 0 aliphatic heterocycles. The number of hydrogen-bond acceptors (Lipinski definition) is 1. The summed E-state index contributed by atoms with van der Waals surface area (Å²) >= 11 is 3.40. The molecule has 0 bridgehead atoms. The van der Waals surface area contributed by atoms with E-state index in [9.17, 15) is 9.90 Å². The molecule has 1 aromatic rings. The summed E-state index contributed by atoms with van der Waals surface area (Å²) in [5.41, 5.74) is 0.264. The monoisotopic (exact) mass is 254 g/mol. The molecule has 1 aliphatic carbocycles. The lowest BCUT2D eigenvalue weighted by molar-refractivity contribution is -0.140. The lowest BCUT2D eigenvalue weighted by Crippen LogP contribution is -2.22. The molecule has 1 N–H and O–H groups in total. The summed E-state index contributed by atoms with van der Waals surface area (Å²) in [7, 11) is 0. The fraction of sp³-hybridized carbons (Fsp3) is 0.364. The van der Waals surface area contributed by atoms with Crippen LogP contribution in [0.15, 0.2) is 28.7 Å². The normalized spacial score (nSPS) is 30.0. The van der Waals surface area contributed by atoms with Crippen molar-refractivity contribution in [2.45, 2.75) is 18.8 Å². The summed E-state index contributed by atoms with van der Waals surface area (Å²) in [5, 5.41) is 9.23. The second kappa shape index (κ2) is 3.09. The van der Waals surface area contributed by atoms with Gasteiger partial charge in [0.25, 0.3) is 0 Å². The number of carbonyl (C=O) groups is 1. The third-order valence-corrected chi connectivity index (χ3v) is 3.74. The maximum absolute atomic E-state index is 11.2. The number of hydrogen-bond donors (Lipinski definition) is 1. The highest BCUT2D eigenvalue weighted by Crippen LogP contribution is 2.55. The fourth-order valence-electron chi connectivity index (χ4n) is 2.04. The molecule has 1 aliphatic rings. The smallest absolute Gasteiger partial charge is 0.314 e. The average Bonchev–Trinajstić information content (AvgIpc) is 2.79. The lowest BCUT2D eigenvalue weighted by atomic mass is 9.94. The van der Waals surface area contributed by atoms with E-state index in [1.807, 2.05) is 31.2 Å². The zero-order valence-corrected chi connectivity index (χ0v) is 9.41. The van der Waals surface area contributed by atoms with Gasteiger partial charge in [0.05, 0.1) is 5.41 Å². The quantitative estimate of drug-likeness (QED) is 0.882. The van der Waals surface area contributed by atoms with Crippen LogP contribution in [0.25, 0.3) is 0 Å². The molecule has 3 heteroatoms. The van der Waals surface area contributed by atoms with Crippen molar-refractivity contribution in [2.75, 3.05) is 0 Å². The predicted molar refractivity (Wildman–Crippen MR) is 57.2 cm³/mol. The first-order valence-corrected chi connectivity index (χ1v) is 5.36. The highest BCUT2D eigenvalue weighted by Gasteiger charge is 2.59. The van der Waals surface area contributed by atoms with Crippen LogP contribution in [-0.4, -0.2) is 11.1 Å². The van der Waals surface area contributed by atoms with Gasteiger partial charge in [0.2, 0.25) is 0 Å². The molecule has 14 heavy (non-hydrogen) atoms. The van der Waals surface area contributed by atoms with Gasteiger partial charge in [0.1, 0.15) is 0 Å². The minimum absolute atomic E-state index is 0.235. The van der Waals surface area contributed by atoms with Crippen molar-refractivity contribution >= 4 is 21.9 Å². The van der Waals surface area contributed by atoms with Crippen molar-refractivity contribution in [1.82, 2.24) is 0 Å². The van der Waals surface area contributed by atoms with Gasteiger partial charge in [-0.2, -0.15) is 0 Å². The van der Waals surface area contributed by atoms with Crippen LogP contribution in [0.1, 0.15) is 18.9 Å². The van der Waals surface area contributed by atoms with E-state index in [1.165, 1.54) is 0 Å². The third-order valence-electron chi connectivity index (χ3n) is 3.05. The number of aliphatic carboxylic acids is 1. The van der Waals surface area contributed by atoms with Crippen molar-refractivity contribution in [1.29, 1.82) is 0 Å². The molecule has 0 aromatic heterocycles. The van der Waals surface area contributed by atoms with E-state index >= 15 is 0 Å². The minimum atomic E-state index is -0.711.